The molecule has 0 aromatic heterocycles. The van der Waals surface area contributed by atoms with E-state index in [1.807, 2.05) is 26.0 Å². The molecule has 1 atom stereocenters. The third kappa shape index (κ3) is 3.30. The Kier molecular flexibility index (Phi) is 4.74. The summed E-state index contributed by atoms with van der Waals surface area (Å²) in [6.45, 7) is 5.18. The zero-order valence-electron chi connectivity index (χ0n) is 12.6. The van der Waals surface area contributed by atoms with Gasteiger partial charge in [-0.3, -0.25) is 9.59 Å². The van der Waals surface area contributed by atoms with Crippen molar-refractivity contribution in [2.75, 3.05) is 13.1 Å². The first-order chi connectivity index (χ1) is 10.0. The van der Waals surface area contributed by atoms with E-state index in [1.54, 1.807) is 17.0 Å². The number of aryl methyl sites for hydroxylation is 2. The van der Waals surface area contributed by atoms with E-state index in [9.17, 15) is 14.9 Å². The Morgan fingerprint density at radius 3 is 2.38 bits per heavy atom. The summed E-state index contributed by atoms with van der Waals surface area (Å²) in [6.07, 6.45) is 3.00. The third-order valence-corrected chi connectivity index (χ3v) is 4.10. The minimum Gasteiger partial charge on any atom is -0.341 e. The lowest BCUT2D eigenvalue weighted by atomic mass is 9.94. The molecule has 1 aromatic carbocycles. The number of carbonyl (C=O) groups excluding carboxylic acids is 2. The number of hydrogen-bond acceptors (Lipinski definition) is 3. The van der Waals surface area contributed by atoms with Crippen LogP contribution in [0.1, 0.15) is 40.7 Å². The highest BCUT2D eigenvalue weighted by Crippen LogP contribution is 2.18. The van der Waals surface area contributed by atoms with Crippen LogP contribution in [0.4, 0.5) is 0 Å². The molecular weight excluding hydrogens is 264 g/mol. The van der Waals surface area contributed by atoms with Gasteiger partial charge in [0.2, 0.25) is 5.91 Å². The number of amides is 1. The number of benzene rings is 1. The monoisotopic (exact) mass is 284 g/mol. The molecule has 1 amide bonds. The highest BCUT2D eigenvalue weighted by atomic mass is 16.2. The largest absolute Gasteiger partial charge is 0.341 e. The van der Waals surface area contributed by atoms with E-state index >= 15 is 0 Å². The molecule has 1 aliphatic rings. The molecule has 21 heavy (non-hydrogen) atoms. The molecule has 0 N–H and O–H groups in total. The van der Waals surface area contributed by atoms with Crippen molar-refractivity contribution in [1.29, 1.82) is 5.26 Å². The van der Waals surface area contributed by atoms with Crippen LogP contribution in [0, 0.1) is 31.1 Å². The molecule has 0 radical (unpaired) electrons. The van der Waals surface area contributed by atoms with Gasteiger partial charge in [0.05, 0.1) is 6.07 Å². The molecule has 0 aliphatic carbocycles. The number of hydrogen-bond donors (Lipinski definition) is 0. The summed E-state index contributed by atoms with van der Waals surface area (Å²) in [5.74, 6) is -1.96. The smallest absolute Gasteiger partial charge is 0.247 e. The van der Waals surface area contributed by atoms with Gasteiger partial charge < -0.3 is 4.90 Å². The van der Waals surface area contributed by atoms with Gasteiger partial charge in [0.15, 0.2) is 11.7 Å². The average molecular weight is 284 g/mol. The van der Waals surface area contributed by atoms with Crippen molar-refractivity contribution in [1.82, 2.24) is 4.90 Å². The molecule has 0 saturated carbocycles. The molecule has 1 heterocycles. The highest BCUT2D eigenvalue weighted by molar-refractivity contribution is 6.12. The molecule has 4 heteroatoms. The second-order valence-electron chi connectivity index (χ2n) is 5.61. The molecule has 1 aliphatic heterocycles. The maximum atomic E-state index is 12.5. The van der Waals surface area contributed by atoms with Crippen molar-refractivity contribution in [3.05, 3.63) is 34.9 Å². The summed E-state index contributed by atoms with van der Waals surface area (Å²) in [4.78, 5) is 26.5. The second-order valence-corrected chi connectivity index (χ2v) is 5.61. The van der Waals surface area contributed by atoms with Gasteiger partial charge in [-0.1, -0.05) is 12.1 Å². The Balaban J connectivity index is 2.19. The van der Waals surface area contributed by atoms with E-state index in [0.29, 0.717) is 18.7 Å². The van der Waals surface area contributed by atoms with Crippen molar-refractivity contribution in [2.45, 2.75) is 33.1 Å². The summed E-state index contributed by atoms with van der Waals surface area (Å²) < 4.78 is 0. The van der Waals surface area contributed by atoms with Crippen molar-refractivity contribution in [3.63, 3.8) is 0 Å². The minimum absolute atomic E-state index is 0.347. The fraction of sp³-hybridized carbons (Fsp3) is 0.471. The first-order valence-corrected chi connectivity index (χ1v) is 7.34. The zero-order valence-corrected chi connectivity index (χ0v) is 12.6. The molecule has 0 unspecified atom stereocenters. The Hall–Kier alpha value is -2.15. The topological polar surface area (TPSA) is 61.2 Å². The highest BCUT2D eigenvalue weighted by Gasteiger charge is 2.32. The Morgan fingerprint density at radius 2 is 1.81 bits per heavy atom. The summed E-state index contributed by atoms with van der Waals surface area (Å²) >= 11 is 0. The van der Waals surface area contributed by atoms with Crippen LogP contribution in [-0.2, 0) is 4.79 Å². The summed E-state index contributed by atoms with van der Waals surface area (Å²) in [5, 5.41) is 9.26. The molecule has 1 saturated heterocycles. The summed E-state index contributed by atoms with van der Waals surface area (Å²) in [6, 6.07) is 7.19. The van der Waals surface area contributed by atoms with E-state index in [4.69, 9.17) is 0 Å². The lowest BCUT2D eigenvalue weighted by molar-refractivity contribution is -0.133. The Labute approximate surface area is 125 Å². The molecule has 2 rings (SSSR count). The van der Waals surface area contributed by atoms with Crippen molar-refractivity contribution in [2.24, 2.45) is 5.92 Å². The fourth-order valence-corrected chi connectivity index (χ4v) is 2.58. The maximum Gasteiger partial charge on any atom is 0.247 e. The Morgan fingerprint density at radius 1 is 1.14 bits per heavy atom. The lowest BCUT2D eigenvalue weighted by Gasteiger charge is -2.28. The number of piperidine rings is 1. The van der Waals surface area contributed by atoms with Crippen molar-refractivity contribution >= 4 is 11.7 Å². The predicted octanol–water partition coefficient (Wildman–Crippen LogP) is 2.64. The van der Waals surface area contributed by atoms with Crippen LogP contribution in [0.2, 0.25) is 0 Å². The van der Waals surface area contributed by atoms with Gasteiger partial charge in [0.25, 0.3) is 0 Å². The number of ketones is 1. The number of Topliss-reactive ketones (excluding diaryl/α,β-unsaturated/α-hetero) is 1. The van der Waals surface area contributed by atoms with Crippen LogP contribution in [0.3, 0.4) is 0 Å². The van der Waals surface area contributed by atoms with Crippen LogP contribution < -0.4 is 0 Å². The standard InChI is InChI=1S/C17H20N2O2/c1-12-6-7-14(10-13(12)2)16(20)15(11-18)17(21)19-8-4-3-5-9-19/h6-7,10,15H,3-5,8-9H2,1-2H3/t15-/m1/s1. The van der Waals surface area contributed by atoms with Crippen LogP contribution in [0.15, 0.2) is 18.2 Å². The van der Waals surface area contributed by atoms with Gasteiger partial charge in [-0.25, -0.2) is 0 Å². The fourth-order valence-electron chi connectivity index (χ4n) is 2.58. The molecular formula is C17H20N2O2. The number of nitrogens with zero attached hydrogens (tertiary/aromatic N) is 2. The van der Waals surface area contributed by atoms with Crippen LogP contribution in [0.5, 0.6) is 0 Å². The van der Waals surface area contributed by atoms with E-state index < -0.39 is 11.7 Å². The van der Waals surface area contributed by atoms with Gasteiger partial charge in [0, 0.05) is 18.7 Å². The normalized spacial score (nSPS) is 16.1. The van der Waals surface area contributed by atoms with E-state index in [1.165, 1.54) is 0 Å². The molecule has 0 bridgehead atoms. The SMILES string of the molecule is Cc1ccc(C(=O)[C@@H](C#N)C(=O)N2CCCCC2)cc1C. The second kappa shape index (κ2) is 6.53. The number of rotatable bonds is 3. The van der Waals surface area contributed by atoms with Gasteiger partial charge in [-0.05, 0) is 50.3 Å². The van der Waals surface area contributed by atoms with Crippen molar-refractivity contribution in [3.8, 4) is 6.07 Å². The quantitative estimate of drug-likeness (QED) is 0.633. The number of nitriles is 1. The average Bonchev–Trinajstić information content (AvgIpc) is 2.51. The lowest BCUT2D eigenvalue weighted by Crippen LogP contribution is -2.41. The predicted molar refractivity (Wildman–Crippen MR) is 79.8 cm³/mol. The zero-order chi connectivity index (χ0) is 15.4. The first-order valence-electron chi connectivity index (χ1n) is 7.34. The van der Waals surface area contributed by atoms with Gasteiger partial charge in [0.1, 0.15) is 0 Å². The molecule has 1 aromatic rings. The maximum absolute atomic E-state index is 12.5. The van der Waals surface area contributed by atoms with Gasteiger partial charge in [-0.15, -0.1) is 0 Å². The minimum atomic E-state index is -1.22. The van der Waals surface area contributed by atoms with E-state index in [0.717, 1.165) is 30.4 Å². The number of likely N-dealkylation sites (tertiary alicyclic amines) is 1. The van der Waals surface area contributed by atoms with E-state index in [-0.39, 0.29) is 5.91 Å². The van der Waals surface area contributed by atoms with Crippen molar-refractivity contribution < 1.29 is 9.59 Å². The third-order valence-electron chi connectivity index (χ3n) is 4.10. The van der Waals surface area contributed by atoms with Crippen LogP contribution in [-0.4, -0.2) is 29.7 Å². The molecule has 1 fully saturated rings. The molecule has 4 nitrogen and oxygen atoms in total. The summed E-state index contributed by atoms with van der Waals surface area (Å²) in [7, 11) is 0. The Bertz CT molecular complexity index is 595. The number of carbonyl (C=O) groups is 2. The first kappa shape index (κ1) is 15.2. The van der Waals surface area contributed by atoms with Gasteiger partial charge >= 0.3 is 0 Å². The molecule has 0 spiro atoms. The van der Waals surface area contributed by atoms with Crippen LogP contribution in [0.25, 0.3) is 0 Å². The van der Waals surface area contributed by atoms with Crippen LogP contribution >= 0.6 is 0 Å². The van der Waals surface area contributed by atoms with E-state index in [2.05, 4.69) is 0 Å². The summed E-state index contributed by atoms with van der Waals surface area (Å²) in [5.41, 5.74) is 2.51. The van der Waals surface area contributed by atoms with Gasteiger partial charge in [-0.2, -0.15) is 5.26 Å². The molecule has 110 valence electrons.